The second-order valence-corrected chi connectivity index (χ2v) is 5.22. The Labute approximate surface area is 92.0 Å². The fourth-order valence-corrected chi connectivity index (χ4v) is 3.14. The Hall–Kier alpha value is -0.120. The van der Waals surface area contributed by atoms with Crippen molar-refractivity contribution in [2.24, 2.45) is 11.1 Å². The molecule has 1 aliphatic carbocycles. The molecular formula is C12H23NO2. The summed E-state index contributed by atoms with van der Waals surface area (Å²) in [5.41, 5.74) is 5.32. The van der Waals surface area contributed by atoms with Crippen molar-refractivity contribution in [3.05, 3.63) is 0 Å². The van der Waals surface area contributed by atoms with Gasteiger partial charge in [-0.15, -0.1) is 0 Å². The van der Waals surface area contributed by atoms with Gasteiger partial charge in [-0.3, -0.25) is 0 Å². The van der Waals surface area contributed by atoms with E-state index in [-0.39, 0.29) is 11.5 Å². The molecule has 0 aromatic rings. The molecule has 3 heteroatoms. The van der Waals surface area contributed by atoms with E-state index in [1.54, 1.807) is 0 Å². The molecule has 2 rings (SSSR count). The van der Waals surface area contributed by atoms with Crippen molar-refractivity contribution in [1.29, 1.82) is 0 Å². The summed E-state index contributed by atoms with van der Waals surface area (Å²) in [5.74, 6) is 0. The minimum atomic E-state index is -0.557. The molecule has 0 aromatic carbocycles. The molecule has 0 bridgehead atoms. The first-order valence-electron chi connectivity index (χ1n) is 6.20. The third-order valence-corrected chi connectivity index (χ3v) is 4.58. The molecule has 1 saturated heterocycles. The molecule has 1 aliphatic heterocycles. The SMILES string of the molecule is CCC1CC(O)(C2(CN)CCC2)CCO1. The Bertz CT molecular complexity index is 222. The maximum Gasteiger partial charge on any atom is 0.0762 e. The zero-order valence-electron chi connectivity index (χ0n) is 9.67. The van der Waals surface area contributed by atoms with Crippen LogP contribution in [0, 0.1) is 5.41 Å². The van der Waals surface area contributed by atoms with Crippen molar-refractivity contribution in [1.82, 2.24) is 0 Å². The molecule has 2 atom stereocenters. The molecule has 3 N–H and O–H groups in total. The number of aliphatic hydroxyl groups is 1. The zero-order valence-corrected chi connectivity index (χ0v) is 9.67. The molecule has 0 amide bonds. The van der Waals surface area contributed by atoms with Crippen LogP contribution in [0.5, 0.6) is 0 Å². The summed E-state index contributed by atoms with van der Waals surface area (Å²) in [4.78, 5) is 0. The average Bonchev–Trinajstić information content (AvgIpc) is 2.16. The lowest BCUT2D eigenvalue weighted by Gasteiger charge is -2.55. The number of hydrogen-bond acceptors (Lipinski definition) is 3. The van der Waals surface area contributed by atoms with Gasteiger partial charge >= 0.3 is 0 Å². The smallest absolute Gasteiger partial charge is 0.0762 e. The van der Waals surface area contributed by atoms with Crippen molar-refractivity contribution in [3.63, 3.8) is 0 Å². The molecule has 0 spiro atoms. The highest BCUT2D eigenvalue weighted by Crippen LogP contribution is 2.53. The predicted octanol–water partition coefficient (Wildman–Crippen LogP) is 1.44. The third kappa shape index (κ3) is 1.71. The Morgan fingerprint density at radius 2 is 2.13 bits per heavy atom. The number of nitrogens with two attached hydrogens (primary N) is 1. The van der Waals surface area contributed by atoms with E-state index in [1.807, 2.05) is 0 Å². The fraction of sp³-hybridized carbons (Fsp3) is 1.00. The summed E-state index contributed by atoms with van der Waals surface area (Å²) < 4.78 is 5.63. The summed E-state index contributed by atoms with van der Waals surface area (Å²) in [5, 5.41) is 10.8. The van der Waals surface area contributed by atoms with E-state index in [9.17, 15) is 5.11 Å². The Morgan fingerprint density at radius 1 is 1.40 bits per heavy atom. The van der Waals surface area contributed by atoms with Crippen molar-refractivity contribution in [3.8, 4) is 0 Å². The minimum Gasteiger partial charge on any atom is -0.389 e. The summed E-state index contributed by atoms with van der Waals surface area (Å²) in [6, 6.07) is 0. The lowest BCUT2D eigenvalue weighted by Crippen LogP contribution is -2.60. The zero-order chi connectivity index (χ0) is 10.9. The molecule has 0 radical (unpaired) electrons. The van der Waals surface area contributed by atoms with Crippen LogP contribution in [0.2, 0.25) is 0 Å². The quantitative estimate of drug-likeness (QED) is 0.746. The highest BCUT2D eigenvalue weighted by atomic mass is 16.5. The van der Waals surface area contributed by atoms with Gasteiger partial charge < -0.3 is 15.6 Å². The highest BCUT2D eigenvalue weighted by Gasteiger charge is 2.54. The monoisotopic (exact) mass is 213 g/mol. The van der Waals surface area contributed by atoms with Crippen LogP contribution in [0.1, 0.15) is 45.4 Å². The van der Waals surface area contributed by atoms with E-state index in [0.717, 1.165) is 32.1 Å². The van der Waals surface area contributed by atoms with Crippen LogP contribution in [-0.2, 0) is 4.74 Å². The second-order valence-electron chi connectivity index (χ2n) is 5.22. The van der Waals surface area contributed by atoms with Crippen LogP contribution in [0.25, 0.3) is 0 Å². The molecule has 3 nitrogen and oxygen atoms in total. The topological polar surface area (TPSA) is 55.5 Å². The van der Waals surface area contributed by atoms with Gasteiger partial charge in [-0.1, -0.05) is 13.3 Å². The number of rotatable bonds is 3. The molecule has 2 fully saturated rings. The molecule has 1 saturated carbocycles. The van der Waals surface area contributed by atoms with Gasteiger partial charge in [0.15, 0.2) is 0 Å². The van der Waals surface area contributed by atoms with Gasteiger partial charge in [-0.05, 0) is 19.3 Å². The Balaban J connectivity index is 2.10. The van der Waals surface area contributed by atoms with Gasteiger partial charge in [0.1, 0.15) is 0 Å². The maximum atomic E-state index is 10.8. The molecule has 2 unspecified atom stereocenters. The van der Waals surface area contributed by atoms with E-state index in [1.165, 1.54) is 6.42 Å². The van der Waals surface area contributed by atoms with Crippen molar-refractivity contribution < 1.29 is 9.84 Å². The van der Waals surface area contributed by atoms with Crippen LogP contribution in [0.4, 0.5) is 0 Å². The van der Waals surface area contributed by atoms with Crippen LogP contribution in [-0.4, -0.2) is 30.0 Å². The van der Waals surface area contributed by atoms with Gasteiger partial charge in [-0.2, -0.15) is 0 Å². The third-order valence-electron chi connectivity index (χ3n) is 4.58. The molecule has 88 valence electrons. The lowest BCUT2D eigenvalue weighted by molar-refractivity contribution is -0.189. The first kappa shape index (κ1) is 11.4. The number of ether oxygens (including phenoxy) is 1. The van der Waals surface area contributed by atoms with Crippen LogP contribution in [0.3, 0.4) is 0 Å². The highest BCUT2D eigenvalue weighted by molar-refractivity contribution is 5.06. The van der Waals surface area contributed by atoms with Crippen molar-refractivity contribution in [2.75, 3.05) is 13.2 Å². The molecule has 0 aromatic heterocycles. The molecule has 1 heterocycles. The second kappa shape index (κ2) is 4.04. The van der Waals surface area contributed by atoms with Crippen molar-refractivity contribution >= 4 is 0 Å². The Kier molecular flexibility index (Phi) is 3.06. The summed E-state index contributed by atoms with van der Waals surface area (Å²) in [6.07, 6.45) is 6.17. The minimum absolute atomic E-state index is 0.00417. The van der Waals surface area contributed by atoms with Crippen LogP contribution >= 0.6 is 0 Å². The summed E-state index contributed by atoms with van der Waals surface area (Å²) in [7, 11) is 0. The average molecular weight is 213 g/mol. The Morgan fingerprint density at radius 3 is 2.60 bits per heavy atom. The van der Waals surface area contributed by atoms with Gasteiger partial charge in [0, 0.05) is 31.4 Å². The predicted molar refractivity (Wildman–Crippen MR) is 59.6 cm³/mol. The standard InChI is InChI=1S/C12H23NO2/c1-2-10-8-12(14,6-7-15-10)11(9-13)4-3-5-11/h10,14H,2-9,13H2,1H3. The van der Waals surface area contributed by atoms with E-state index in [4.69, 9.17) is 10.5 Å². The lowest BCUT2D eigenvalue weighted by atomic mass is 9.56. The normalized spacial score (nSPS) is 39.8. The molecular weight excluding hydrogens is 190 g/mol. The van der Waals surface area contributed by atoms with Gasteiger partial charge in [0.25, 0.3) is 0 Å². The largest absolute Gasteiger partial charge is 0.389 e. The van der Waals surface area contributed by atoms with E-state index >= 15 is 0 Å². The van der Waals surface area contributed by atoms with Gasteiger partial charge in [-0.25, -0.2) is 0 Å². The van der Waals surface area contributed by atoms with Gasteiger partial charge in [0.05, 0.1) is 11.7 Å². The first-order chi connectivity index (χ1) is 7.16. The van der Waals surface area contributed by atoms with E-state index in [0.29, 0.717) is 13.2 Å². The summed E-state index contributed by atoms with van der Waals surface area (Å²) >= 11 is 0. The molecule has 15 heavy (non-hydrogen) atoms. The van der Waals surface area contributed by atoms with Gasteiger partial charge in [0.2, 0.25) is 0 Å². The number of hydrogen-bond donors (Lipinski definition) is 2. The fourth-order valence-electron chi connectivity index (χ4n) is 3.14. The molecule has 2 aliphatic rings. The van der Waals surface area contributed by atoms with E-state index in [2.05, 4.69) is 6.92 Å². The van der Waals surface area contributed by atoms with Crippen LogP contribution in [0.15, 0.2) is 0 Å². The van der Waals surface area contributed by atoms with Crippen LogP contribution < -0.4 is 5.73 Å². The maximum absolute atomic E-state index is 10.8. The van der Waals surface area contributed by atoms with Crippen molar-refractivity contribution in [2.45, 2.75) is 57.2 Å². The van der Waals surface area contributed by atoms with E-state index < -0.39 is 5.60 Å². The summed E-state index contributed by atoms with van der Waals surface area (Å²) in [6.45, 7) is 3.43. The first-order valence-corrected chi connectivity index (χ1v) is 6.20.